The minimum atomic E-state index is -0.459. The molecule has 3 heterocycles. The summed E-state index contributed by atoms with van der Waals surface area (Å²) >= 11 is 0. The number of amides is 3. The highest BCUT2D eigenvalue weighted by atomic mass is 16.3. The van der Waals surface area contributed by atoms with E-state index >= 15 is 0 Å². The number of rotatable bonds is 3. The summed E-state index contributed by atoms with van der Waals surface area (Å²) in [6.07, 6.45) is 1.66. The van der Waals surface area contributed by atoms with Crippen LogP contribution in [0.1, 0.15) is 22.5 Å². The molecule has 0 bridgehead atoms. The molecular formula is C20H21N3O4. The van der Waals surface area contributed by atoms with Gasteiger partial charge in [0.05, 0.1) is 24.4 Å². The number of hydrogen-bond donors (Lipinski definition) is 0. The van der Waals surface area contributed by atoms with Crippen LogP contribution in [0.3, 0.4) is 0 Å². The maximum absolute atomic E-state index is 12.9. The molecule has 2 fully saturated rings. The van der Waals surface area contributed by atoms with E-state index in [1.54, 1.807) is 23.1 Å². The van der Waals surface area contributed by atoms with Gasteiger partial charge in [-0.05, 0) is 36.8 Å². The zero-order valence-corrected chi connectivity index (χ0v) is 15.1. The molecule has 2 aliphatic rings. The Morgan fingerprint density at radius 2 is 1.85 bits per heavy atom. The van der Waals surface area contributed by atoms with E-state index in [1.807, 2.05) is 30.0 Å². The molecule has 3 amide bonds. The van der Waals surface area contributed by atoms with Crippen LogP contribution in [-0.2, 0) is 9.59 Å². The standard InChI is InChI=1S/C20H21N3O4/c1-14-4-2-5-15(12-14)23-18(24)13-16(19(23)25)21-7-9-22(10-8-21)20(26)17-6-3-11-27-17/h2-6,11-12,16H,7-10,13H2,1H3/t16-/m1/s1. The summed E-state index contributed by atoms with van der Waals surface area (Å²) in [4.78, 5) is 42.7. The van der Waals surface area contributed by atoms with Crippen molar-refractivity contribution >= 4 is 23.4 Å². The second-order valence-corrected chi connectivity index (χ2v) is 6.93. The quantitative estimate of drug-likeness (QED) is 0.772. The fraction of sp³-hybridized carbons (Fsp3) is 0.350. The van der Waals surface area contributed by atoms with E-state index in [0.717, 1.165) is 5.56 Å². The lowest BCUT2D eigenvalue weighted by Gasteiger charge is -2.36. The van der Waals surface area contributed by atoms with E-state index in [0.29, 0.717) is 37.6 Å². The van der Waals surface area contributed by atoms with Gasteiger partial charge in [0.1, 0.15) is 0 Å². The minimum Gasteiger partial charge on any atom is -0.459 e. The summed E-state index contributed by atoms with van der Waals surface area (Å²) < 4.78 is 5.17. The molecule has 0 N–H and O–H groups in total. The SMILES string of the molecule is Cc1cccc(N2C(=O)C[C@@H](N3CCN(C(=O)c4ccco4)CC3)C2=O)c1. The maximum atomic E-state index is 12.9. The van der Waals surface area contributed by atoms with Crippen LogP contribution in [0, 0.1) is 6.92 Å². The first-order valence-electron chi connectivity index (χ1n) is 9.05. The lowest BCUT2D eigenvalue weighted by atomic mass is 10.1. The van der Waals surface area contributed by atoms with Crippen molar-refractivity contribution in [2.24, 2.45) is 0 Å². The summed E-state index contributed by atoms with van der Waals surface area (Å²) in [6, 6.07) is 10.3. The number of carbonyl (C=O) groups excluding carboxylic acids is 3. The normalized spacial score (nSPS) is 21.1. The number of anilines is 1. The first kappa shape index (κ1) is 17.5. The summed E-state index contributed by atoms with van der Waals surface area (Å²) in [5.41, 5.74) is 1.63. The molecule has 4 rings (SSSR count). The Labute approximate surface area is 157 Å². The first-order chi connectivity index (χ1) is 13.0. The maximum Gasteiger partial charge on any atom is 0.289 e. The predicted octanol–water partition coefficient (Wildman–Crippen LogP) is 1.68. The minimum absolute atomic E-state index is 0.144. The van der Waals surface area contributed by atoms with E-state index in [2.05, 4.69) is 0 Å². The van der Waals surface area contributed by atoms with Crippen LogP contribution < -0.4 is 4.90 Å². The zero-order chi connectivity index (χ0) is 19.0. The van der Waals surface area contributed by atoms with Crippen LogP contribution >= 0.6 is 0 Å². The Morgan fingerprint density at radius 3 is 2.52 bits per heavy atom. The van der Waals surface area contributed by atoms with Gasteiger partial charge in [-0.1, -0.05) is 12.1 Å². The van der Waals surface area contributed by atoms with Crippen LogP contribution in [0.2, 0.25) is 0 Å². The fourth-order valence-corrected chi connectivity index (χ4v) is 3.73. The third-order valence-electron chi connectivity index (χ3n) is 5.16. The van der Waals surface area contributed by atoms with Gasteiger partial charge >= 0.3 is 0 Å². The number of imide groups is 1. The summed E-state index contributed by atoms with van der Waals surface area (Å²) in [5.74, 6) is -0.183. The number of nitrogens with zero attached hydrogens (tertiary/aromatic N) is 3. The largest absolute Gasteiger partial charge is 0.459 e. The van der Waals surface area contributed by atoms with Crippen molar-refractivity contribution in [3.8, 4) is 0 Å². The van der Waals surface area contributed by atoms with Gasteiger partial charge in [-0.3, -0.25) is 19.3 Å². The molecule has 1 aromatic carbocycles. The monoisotopic (exact) mass is 367 g/mol. The number of hydrogen-bond acceptors (Lipinski definition) is 5. The Morgan fingerprint density at radius 1 is 1.07 bits per heavy atom. The Balaban J connectivity index is 1.42. The van der Waals surface area contributed by atoms with Crippen LogP contribution in [-0.4, -0.2) is 59.7 Å². The third-order valence-corrected chi connectivity index (χ3v) is 5.16. The molecule has 1 aromatic heterocycles. The van der Waals surface area contributed by atoms with Gasteiger partial charge in [0.25, 0.3) is 11.8 Å². The lowest BCUT2D eigenvalue weighted by molar-refractivity contribution is -0.123. The Bertz CT molecular complexity index is 869. The number of carbonyl (C=O) groups is 3. The number of furan rings is 1. The van der Waals surface area contributed by atoms with Crippen LogP contribution in [0.5, 0.6) is 0 Å². The molecule has 7 nitrogen and oxygen atoms in total. The molecule has 2 aliphatic heterocycles. The van der Waals surface area contributed by atoms with E-state index in [1.165, 1.54) is 11.2 Å². The highest BCUT2D eigenvalue weighted by molar-refractivity contribution is 6.22. The average Bonchev–Trinajstić information content (AvgIpc) is 3.30. The van der Waals surface area contributed by atoms with Crippen LogP contribution in [0.4, 0.5) is 5.69 Å². The number of piperazine rings is 1. The molecule has 0 aliphatic carbocycles. The predicted molar refractivity (Wildman–Crippen MR) is 98.3 cm³/mol. The average molecular weight is 367 g/mol. The van der Waals surface area contributed by atoms with Gasteiger partial charge in [-0.25, -0.2) is 4.90 Å². The van der Waals surface area contributed by atoms with Gasteiger partial charge in [0, 0.05) is 26.2 Å². The number of benzene rings is 1. The lowest BCUT2D eigenvalue weighted by Crippen LogP contribution is -2.53. The van der Waals surface area contributed by atoms with Crippen LogP contribution in [0.25, 0.3) is 0 Å². The first-order valence-corrected chi connectivity index (χ1v) is 9.05. The number of aryl methyl sites for hydroxylation is 1. The van der Waals surface area contributed by atoms with E-state index in [4.69, 9.17) is 4.42 Å². The van der Waals surface area contributed by atoms with Gasteiger partial charge < -0.3 is 9.32 Å². The molecule has 2 aromatic rings. The van der Waals surface area contributed by atoms with Crippen LogP contribution in [0.15, 0.2) is 47.1 Å². The van der Waals surface area contributed by atoms with Crippen molar-refractivity contribution in [2.45, 2.75) is 19.4 Å². The second-order valence-electron chi connectivity index (χ2n) is 6.93. The van der Waals surface area contributed by atoms with Crippen molar-refractivity contribution < 1.29 is 18.8 Å². The molecule has 7 heteroatoms. The Hall–Kier alpha value is -2.93. The summed E-state index contributed by atoms with van der Waals surface area (Å²) in [6.45, 7) is 4.04. The van der Waals surface area contributed by atoms with Crippen molar-refractivity contribution in [3.63, 3.8) is 0 Å². The molecule has 0 unspecified atom stereocenters. The summed E-state index contributed by atoms with van der Waals surface area (Å²) in [5, 5.41) is 0. The van der Waals surface area contributed by atoms with Gasteiger partial charge in [-0.15, -0.1) is 0 Å². The molecule has 0 radical (unpaired) electrons. The highest BCUT2D eigenvalue weighted by Crippen LogP contribution is 2.27. The molecular weight excluding hydrogens is 346 g/mol. The molecule has 2 saturated heterocycles. The topological polar surface area (TPSA) is 74.1 Å². The van der Waals surface area contributed by atoms with Crippen molar-refractivity contribution in [2.75, 3.05) is 31.1 Å². The van der Waals surface area contributed by atoms with Gasteiger partial charge in [-0.2, -0.15) is 0 Å². The zero-order valence-electron chi connectivity index (χ0n) is 15.1. The molecule has 0 saturated carbocycles. The third kappa shape index (κ3) is 3.26. The smallest absolute Gasteiger partial charge is 0.289 e. The van der Waals surface area contributed by atoms with Gasteiger partial charge in [0.2, 0.25) is 5.91 Å². The van der Waals surface area contributed by atoms with E-state index < -0.39 is 6.04 Å². The van der Waals surface area contributed by atoms with Crippen molar-refractivity contribution in [1.29, 1.82) is 0 Å². The molecule has 0 spiro atoms. The Kier molecular flexibility index (Phi) is 4.53. The second kappa shape index (κ2) is 7.00. The van der Waals surface area contributed by atoms with E-state index in [-0.39, 0.29) is 24.1 Å². The van der Waals surface area contributed by atoms with E-state index in [9.17, 15) is 14.4 Å². The molecule has 27 heavy (non-hydrogen) atoms. The van der Waals surface area contributed by atoms with Gasteiger partial charge in [0.15, 0.2) is 5.76 Å². The fourth-order valence-electron chi connectivity index (χ4n) is 3.73. The summed E-state index contributed by atoms with van der Waals surface area (Å²) in [7, 11) is 0. The van der Waals surface area contributed by atoms with Crippen molar-refractivity contribution in [3.05, 3.63) is 54.0 Å². The van der Waals surface area contributed by atoms with Crippen molar-refractivity contribution in [1.82, 2.24) is 9.80 Å². The molecule has 1 atom stereocenters. The molecule has 140 valence electrons. The highest BCUT2D eigenvalue weighted by Gasteiger charge is 2.43.